The molecular formula is C29H26Cl5N3O4. The fourth-order valence-electron chi connectivity index (χ4n) is 4.72. The second kappa shape index (κ2) is 11.5. The second-order valence-electron chi connectivity index (χ2n) is 10.8. The number of halogens is 5. The summed E-state index contributed by atoms with van der Waals surface area (Å²) in [7, 11) is 0. The molecule has 3 aromatic rings. The molecule has 3 N–H and O–H groups in total. The van der Waals surface area contributed by atoms with E-state index in [0.717, 1.165) is 0 Å². The summed E-state index contributed by atoms with van der Waals surface area (Å²) in [5, 5.41) is 16.2. The van der Waals surface area contributed by atoms with Crippen LogP contribution in [0.3, 0.4) is 0 Å². The maximum absolute atomic E-state index is 13.2. The summed E-state index contributed by atoms with van der Waals surface area (Å²) in [4.78, 5) is 39.4. The highest BCUT2D eigenvalue weighted by atomic mass is 35.5. The molecule has 0 heterocycles. The normalized spacial score (nSPS) is 17.5. The van der Waals surface area contributed by atoms with Gasteiger partial charge in [-0.15, -0.1) is 23.2 Å². The van der Waals surface area contributed by atoms with Gasteiger partial charge in [0.1, 0.15) is 4.33 Å². The number of nitrogens with one attached hydrogen (secondary N) is 2. The van der Waals surface area contributed by atoms with Crippen LogP contribution < -0.4 is 15.5 Å². The molecule has 2 atom stereocenters. The number of nitrogens with zero attached hydrogens (tertiary/aromatic N) is 1. The molecule has 2 unspecified atom stereocenters. The molecule has 1 saturated carbocycles. The fraction of sp³-hybridized carbons (Fsp3) is 0.276. The number of carbonyl (C=O) groups excluding carboxylic acids is 2. The summed E-state index contributed by atoms with van der Waals surface area (Å²) in [5.74, 6) is -2.28. The van der Waals surface area contributed by atoms with Crippen LogP contribution in [0.5, 0.6) is 0 Å². The van der Waals surface area contributed by atoms with Crippen LogP contribution in [0.15, 0.2) is 54.6 Å². The van der Waals surface area contributed by atoms with Crippen LogP contribution in [0, 0.1) is 12.8 Å². The minimum atomic E-state index is -1.36. The summed E-state index contributed by atoms with van der Waals surface area (Å²) in [6, 6.07) is 14.3. The first-order valence-corrected chi connectivity index (χ1v) is 14.3. The van der Waals surface area contributed by atoms with Gasteiger partial charge in [-0.3, -0.25) is 14.5 Å². The van der Waals surface area contributed by atoms with Crippen molar-refractivity contribution in [2.75, 3.05) is 15.5 Å². The van der Waals surface area contributed by atoms with Gasteiger partial charge in [0.25, 0.3) is 5.91 Å². The number of alkyl halides is 2. The van der Waals surface area contributed by atoms with Crippen LogP contribution in [0.2, 0.25) is 15.1 Å². The molecule has 0 aromatic heterocycles. The molecule has 0 saturated heterocycles. The summed E-state index contributed by atoms with van der Waals surface area (Å²) in [6.45, 7) is 7.12. The number of carbonyl (C=O) groups is 3. The summed E-state index contributed by atoms with van der Waals surface area (Å²) in [5.41, 5.74) is 1.99. The minimum Gasteiger partial charge on any atom is -0.465 e. The standard InChI is InChI=1S/C29H26Cl5N3O4/c1-14-9-19(37(27(40)41)28(2,3)4)6-8-22(14)36-25(38)20-13-18(5-7-21(20)32)35-26(39)24-23(29(24,33)34)15-10-16(30)12-17(31)11-15/h5-13,23-24H,1-4H3,(H,35,39)(H,36,38)(H,40,41). The Kier molecular flexibility index (Phi) is 8.80. The zero-order chi connectivity index (χ0) is 30.4. The number of hydrogen-bond acceptors (Lipinski definition) is 3. The first-order chi connectivity index (χ1) is 19.0. The monoisotopic (exact) mass is 655 g/mol. The van der Waals surface area contributed by atoms with Gasteiger partial charge in [0, 0.05) is 38.6 Å². The third kappa shape index (κ3) is 6.71. The first-order valence-electron chi connectivity index (χ1n) is 12.4. The van der Waals surface area contributed by atoms with Crippen molar-refractivity contribution in [3.63, 3.8) is 0 Å². The average Bonchev–Trinajstić information content (AvgIpc) is 3.42. The van der Waals surface area contributed by atoms with Crippen molar-refractivity contribution >= 4 is 93.0 Å². The van der Waals surface area contributed by atoms with E-state index in [4.69, 9.17) is 58.0 Å². The van der Waals surface area contributed by atoms with E-state index in [0.29, 0.717) is 38.2 Å². The maximum atomic E-state index is 13.2. The van der Waals surface area contributed by atoms with Crippen LogP contribution in [0.1, 0.15) is 48.2 Å². The lowest BCUT2D eigenvalue weighted by molar-refractivity contribution is -0.117. The number of carboxylic acid groups (broad SMARTS) is 1. The second-order valence-corrected chi connectivity index (χ2v) is 13.5. The summed E-state index contributed by atoms with van der Waals surface area (Å²) >= 11 is 31.5. The van der Waals surface area contributed by atoms with Gasteiger partial charge in [0.2, 0.25) is 5.91 Å². The number of amides is 3. The van der Waals surface area contributed by atoms with E-state index in [9.17, 15) is 19.5 Å². The summed E-state index contributed by atoms with van der Waals surface area (Å²) in [6.07, 6.45) is -1.09. The van der Waals surface area contributed by atoms with E-state index in [1.165, 1.54) is 17.0 Å². The summed E-state index contributed by atoms with van der Waals surface area (Å²) < 4.78 is -1.36. The van der Waals surface area contributed by atoms with Crippen molar-refractivity contribution < 1.29 is 19.5 Å². The third-order valence-corrected chi connectivity index (χ3v) is 8.34. The number of aryl methyl sites for hydroxylation is 1. The topological polar surface area (TPSA) is 98.7 Å². The van der Waals surface area contributed by atoms with Gasteiger partial charge in [-0.05, 0) is 93.4 Å². The van der Waals surface area contributed by atoms with Gasteiger partial charge in [-0.1, -0.05) is 34.8 Å². The van der Waals surface area contributed by atoms with E-state index in [1.54, 1.807) is 70.2 Å². The molecule has 3 amide bonds. The molecule has 0 spiro atoms. The van der Waals surface area contributed by atoms with Gasteiger partial charge in [0.05, 0.1) is 16.5 Å². The fourth-order valence-corrected chi connectivity index (χ4v) is 6.30. The average molecular weight is 658 g/mol. The Morgan fingerprint density at radius 3 is 2.10 bits per heavy atom. The van der Waals surface area contributed by atoms with Gasteiger partial charge in [0.15, 0.2) is 0 Å². The van der Waals surface area contributed by atoms with Gasteiger partial charge in [-0.25, -0.2) is 4.79 Å². The van der Waals surface area contributed by atoms with Crippen LogP contribution in [0.25, 0.3) is 0 Å². The molecule has 4 rings (SSSR count). The van der Waals surface area contributed by atoms with E-state index in [-0.39, 0.29) is 10.6 Å². The molecule has 41 heavy (non-hydrogen) atoms. The molecule has 1 aliphatic rings. The van der Waals surface area contributed by atoms with Crippen molar-refractivity contribution in [1.29, 1.82) is 0 Å². The van der Waals surface area contributed by atoms with Crippen LogP contribution in [0.4, 0.5) is 21.9 Å². The number of anilines is 3. The number of rotatable bonds is 6. The molecule has 1 fully saturated rings. The number of benzene rings is 3. The van der Waals surface area contributed by atoms with Gasteiger partial charge >= 0.3 is 6.09 Å². The molecule has 0 radical (unpaired) electrons. The van der Waals surface area contributed by atoms with Crippen LogP contribution in [-0.4, -0.2) is 32.9 Å². The van der Waals surface area contributed by atoms with Crippen molar-refractivity contribution in [3.05, 3.63) is 86.4 Å². The van der Waals surface area contributed by atoms with E-state index < -0.39 is 39.6 Å². The Morgan fingerprint density at radius 2 is 1.54 bits per heavy atom. The smallest absolute Gasteiger partial charge is 0.412 e. The lowest BCUT2D eigenvalue weighted by atomic mass is 10.0. The molecule has 12 heteroatoms. The van der Waals surface area contributed by atoms with E-state index in [2.05, 4.69) is 10.6 Å². The molecule has 216 valence electrons. The van der Waals surface area contributed by atoms with Crippen molar-refractivity contribution in [1.82, 2.24) is 0 Å². The lowest BCUT2D eigenvalue weighted by Gasteiger charge is -2.33. The molecule has 7 nitrogen and oxygen atoms in total. The van der Waals surface area contributed by atoms with Gasteiger partial charge < -0.3 is 15.7 Å². The first kappa shape index (κ1) is 31.3. The Morgan fingerprint density at radius 1 is 0.902 bits per heavy atom. The zero-order valence-electron chi connectivity index (χ0n) is 22.4. The SMILES string of the molecule is Cc1cc(N(C(=O)O)C(C)(C)C)ccc1NC(=O)c1cc(NC(=O)C2C(c3cc(Cl)cc(Cl)c3)C2(Cl)Cl)ccc1Cl. The highest BCUT2D eigenvalue weighted by molar-refractivity contribution is 6.53. The van der Waals surface area contributed by atoms with Crippen molar-refractivity contribution in [2.45, 2.75) is 43.5 Å². The third-order valence-electron chi connectivity index (χ3n) is 6.64. The molecule has 1 aliphatic carbocycles. The molecular weight excluding hydrogens is 632 g/mol. The Labute approximate surface area is 262 Å². The maximum Gasteiger partial charge on any atom is 0.412 e. The van der Waals surface area contributed by atoms with Crippen LogP contribution >= 0.6 is 58.0 Å². The Bertz CT molecular complexity index is 1530. The van der Waals surface area contributed by atoms with Crippen molar-refractivity contribution in [3.8, 4) is 0 Å². The van der Waals surface area contributed by atoms with E-state index >= 15 is 0 Å². The predicted octanol–water partition coefficient (Wildman–Crippen LogP) is 9.02. The minimum absolute atomic E-state index is 0.117. The Balaban J connectivity index is 1.51. The molecule has 3 aromatic carbocycles. The molecule has 0 aliphatic heterocycles. The van der Waals surface area contributed by atoms with E-state index in [1.807, 2.05) is 0 Å². The van der Waals surface area contributed by atoms with Crippen molar-refractivity contribution in [2.24, 2.45) is 5.92 Å². The Hall–Kier alpha value is -2.68. The highest BCUT2D eigenvalue weighted by Crippen LogP contribution is 2.65. The highest BCUT2D eigenvalue weighted by Gasteiger charge is 2.67. The quantitative estimate of drug-likeness (QED) is 0.231. The zero-order valence-corrected chi connectivity index (χ0v) is 26.1. The largest absolute Gasteiger partial charge is 0.465 e. The number of hydrogen-bond donors (Lipinski definition) is 3. The predicted molar refractivity (Wildman–Crippen MR) is 167 cm³/mol. The molecule has 0 bridgehead atoms. The lowest BCUT2D eigenvalue weighted by Crippen LogP contribution is -2.45. The van der Waals surface area contributed by atoms with Gasteiger partial charge in [-0.2, -0.15) is 0 Å². The van der Waals surface area contributed by atoms with Crippen LogP contribution in [-0.2, 0) is 4.79 Å².